The van der Waals surface area contributed by atoms with Gasteiger partial charge >= 0.3 is 0 Å². The lowest BCUT2D eigenvalue weighted by molar-refractivity contribution is 0.305. The maximum Gasteiger partial charge on any atom is 0.127 e. The second-order valence-electron chi connectivity index (χ2n) is 4.71. The van der Waals surface area contributed by atoms with Crippen LogP contribution in [0.25, 0.3) is 17.2 Å². The average Bonchev–Trinajstić information content (AvgIpc) is 3.07. The van der Waals surface area contributed by atoms with Crippen molar-refractivity contribution in [1.82, 2.24) is 0 Å². The summed E-state index contributed by atoms with van der Waals surface area (Å²) in [5.74, 6) is 0.873. The van der Waals surface area contributed by atoms with Crippen molar-refractivity contribution in [3.8, 4) is 16.9 Å². The molecule has 0 N–H and O–H groups in total. The first-order valence-corrected chi connectivity index (χ1v) is 7.77. The molecule has 3 aromatic rings. The molecule has 0 aliphatic rings. The van der Waals surface area contributed by atoms with Crippen LogP contribution < -0.4 is 4.74 Å². The normalized spacial score (nSPS) is 10.3. The molecule has 0 fully saturated rings. The largest absolute Gasteiger partial charge is 0.488 e. The molecule has 0 aliphatic carbocycles. The summed E-state index contributed by atoms with van der Waals surface area (Å²) in [6.07, 6.45) is 1.87. The second kappa shape index (κ2) is 6.42. The molecule has 0 unspecified atom stereocenters. The van der Waals surface area contributed by atoms with Gasteiger partial charge in [-0.25, -0.2) is 0 Å². The second-order valence-corrected chi connectivity index (χ2v) is 5.49. The van der Waals surface area contributed by atoms with E-state index < -0.39 is 0 Å². The van der Waals surface area contributed by atoms with Crippen molar-refractivity contribution < 1.29 is 4.74 Å². The van der Waals surface area contributed by atoms with E-state index >= 15 is 0 Å². The first kappa shape index (κ1) is 13.7. The Morgan fingerprint density at radius 3 is 2.57 bits per heavy atom. The number of hydrogen-bond donors (Lipinski definition) is 0. The van der Waals surface area contributed by atoms with Crippen molar-refractivity contribution in [2.45, 2.75) is 6.61 Å². The Balaban J connectivity index is 1.89. The lowest BCUT2D eigenvalue weighted by Gasteiger charge is -2.12. The van der Waals surface area contributed by atoms with Crippen LogP contribution in [0.15, 0.2) is 71.9 Å². The summed E-state index contributed by atoms with van der Waals surface area (Å²) in [7, 11) is 0. The van der Waals surface area contributed by atoms with E-state index in [0.29, 0.717) is 6.61 Å². The van der Waals surface area contributed by atoms with E-state index in [9.17, 15) is 0 Å². The van der Waals surface area contributed by atoms with E-state index in [2.05, 4.69) is 41.6 Å². The highest BCUT2D eigenvalue weighted by molar-refractivity contribution is 7.08. The third-order valence-corrected chi connectivity index (χ3v) is 4.02. The summed E-state index contributed by atoms with van der Waals surface area (Å²) in [5, 5.41) is 4.23. The Labute approximate surface area is 129 Å². The van der Waals surface area contributed by atoms with Gasteiger partial charge in [0.1, 0.15) is 12.4 Å². The Bertz CT molecular complexity index is 715. The molecule has 0 radical (unpaired) electrons. The van der Waals surface area contributed by atoms with Gasteiger partial charge in [0.2, 0.25) is 0 Å². The predicted octanol–water partition coefficient (Wildman–Crippen LogP) is 5.64. The van der Waals surface area contributed by atoms with Crippen LogP contribution in [0.5, 0.6) is 5.75 Å². The standard InChI is InChI=1S/C19H16OS/c1-2-17-18(16-11-12-21-14-16)9-6-10-19(17)20-13-15-7-4-3-5-8-15/h2-12,14H,1,13H2. The first-order chi connectivity index (χ1) is 10.4. The molecule has 1 nitrogen and oxygen atoms in total. The van der Waals surface area contributed by atoms with Crippen LogP contribution in [0, 0.1) is 0 Å². The smallest absolute Gasteiger partial charge is 0.127 e. The summed E-state index contributed by atoms with van der Waals surface area (Å²) in [6, 6.07) is 18.4. The van der Waals surface area contributed by atoms with Gasteiger partial charge in [0.05, 0.1) is 0 Å². The van der Waals surface area contributed by atoms with Gasteiger partial charge < -0.3 is 4.74 Å². The van der Waals surface area contributed by atoms with Gasteiger partial charge in [-0.3, -0.25) is 0 Å². The van der Waals surface area contributed by atoms with E-state index in [4.69, 9.17) is 4.74 Å². The van der Waals surface area contributed by atoms with Crippen LogP contribution in [-0.2, 0) is 6.61 Å². The van der Waals surface area contributed by atoms with E-state index in [0.717, 1.165) is 22.4 Å². The third-order valence-electron chi connectivity index (χ3n) is 3.34. The van der Waals surface area contributed by atoms with Crippen molar-refractivity contribution >= 4 is 17.4 Å². The van der Waals surface area contributed by atoms with Crippen LogP contribution in [0.3, 0.4) is 0 Å². The molecule has 2 heteroatoms. The van der Waals surface area contributed by atoms with Gasteiger partial charge in [-0.1, -0.05) is 55.1 Å². The quantitative estimate of drug-likeness (QED) is 0.591. The van der Waals surface area contributed by atoms with Crippen LogP contribution in [0.4, 0.5) is 0 Å². The first-order valence-electron chi connectivity index (χ1n) is 6.83. The zero-order valence-corrected chi connectivity index (χ0v) is 12.5. The van der Waals surface area contributed by atoms with Crippen molar-refractivity contribution in [2.75, 3.05) is 0 Å². The highest BCUT2D eigenvalue weighted by Crippen LogP contribution is 2.33. The molecule has 21 heavy (non-hydrogen) atoms. The molecule has 0 saturated carbocycles. The third kappa shape index (κ3) is 3.06. The fraction of sp³-hybridized carbons (Fsp3) is 0.0526. The molecule has 0 amide bonds. The van der Waals surface area contributed by atoms with Crippen LogP contribution in [0.1, 0.15) is 11.1 Å². The Hall–Kier alpha value is -2.32. The SMILES string of the molecule is C=Cc1c(OCc2ccccc2)cccc1-c1ccsc1. The zero-order chi connectivity index (χ0) is 14.5. The van der Waals surface area contributed by atoms with E-state index in [1.807, 2.05) is 36.4 Å². The number of ether oxygens (including phenoxy) is 1. The van der Waals surface area contributed by atoms with Crippen molar-refractivity contribution in [1.29, 1.82) is 0 Å². The fourth-order valence-electron chi connectivity index (χ4n) is 2.29. The van der Waals surface area contributed by atoms with Gasteiger partial charge in [0.15, 0.2) is 0 Å². The molecule has 1 aromatic heterocycles. The minimum atomic E-state index is 0.564. The highest BCUT2D eigenvalue weighted by Gasteiger charge is 2.09. The predicted molar refractivity (Wildman–Crippen MR) is 90.6 cm³/mol. The topological polar surface area (TPSA) is 9.23 Å². The lowest BCUT2D eigenvalue weighted by Crippen LogP contribution is -1.97. The monoisotopic (exact) mass is 292 g/mol. The summed E-state index contributed by atoms with van der Waals surface area (Å²) in [4.78, 5) is 0. The molecule has 3 rings (SSSR count). The maximum atomic E-state index is 5.98. The molecule has 0 aliphatic heterocycles. The molecule has 0 spiro atoms. The van der Waals surface area contributed by atoms with Crippen LogP contribution in [0.2, 0.25) is 0 Å². The number of hydrogen-bond acceptors (Lipinski definition) is 2. The van der Waals surface area contributed by atoms with E-state index in [-0.39, 0.29) is 0 Å². The minimum absolute atomic E-state index is 0.564. The van der Waals surface area contributed by atoms with Gasteiger partial charge in [-0.05, 0) is 39.6 Å². The van der Waals surface area contributed by atoms with Gasteiger partial charge in [0, 0.05) is 5.56 Å². The van der Waals surface area contributed by atoms with Crippen molar-refractivity contribution in [2.24, 2.45) is 0 Å². The highest BCUT2D eigenvalue weighted by atomic mass is 32.1. The zero-order valence-electron chi connectivity index (χ0n) is 11.7. The molecule has 104 valence electrons. The Kier molecular flexibility index (Phi) is 4.17. The molecular weight excluding hydrogens is 276 g/mol. The van der Waals surface area contributed by atoms with Gasteiger partial charge in [-0.2, -0.15) is 11.3 Å². The summed E-state index contributed by atoms with van der Waals surface area (Å²) in [5.41, 5.74) is 4.58. The average molecular weight is 292 g/mol. The Morgan fingerprint density at radius 2 is 1.86 bits per heavy atom. The maximum absolute atomic E-state index is 5.98. The molecule has 0 atom stereocenters. The lowest BCUT2D eigenvalue weighted by atomic mass is 10.0. The van der Waals surface area contributed by atoms with Crippen molar-refractivity contribution in [3.05, 3.63) is 83.1 Å². The molecule has 0 saturated heterocycles. The molecule has 0 bridgehead atoms. The molecule has 1 heterocycles. The van der Waals surface area contributed by atoms with Gasteiger partial charge in [-0.15, -0.1) is 0 Å². The van der Waals surface area contributed by atoms with E-state index in [1.165, 1.54) is 5.56 Å². The fourth-order valence-corrected chi connectivity index (χ4v) is 2.94. The summed E-state index contributed by atoms with van der Waals surface area (Å²) in [6.45, 7) is 4.50. The molecular formula is C19H16OS. The van der Waals surface area contributed by atoms with Crippen molar-refractivity contribution in [3.63, 3.8) is 0 Å². The molecule has 2 aromatic carbocycles. The summed E-state index contributed by atoms with van der Waals surface area (Å²) >= 11 is 1.69. The minimum Gasteiger partial charge on any atom is -0.488 e. The van der Waals surface area contributed by atoms with Crippen LogP contribution in [-0.4, -0.2) is 0 Å². The number of thiophene rings is 1. The Morgan fingerprint density at radius 1 is 1.00 bits per heavy atom. The summed E-state index contributed by atoms with van der Waals surface area (Å²) < 4.78 is 5.98. The number of rotatable bonds is 5. The van der Waals surface area contributed by atoms with Crippen LogP contribution >= 0.6 is 11.3 Å². The number of benzene rings is 2. The van der Waals surface area contributed by atoms with E-state index in [1.54, 1.807) is 11.3 Å². The van der Waals surface area contributed by atoms with Gasteiger partial charge in [0.25, 0.3) is 0 Å².